The number of Topliss-reactive ketones (excluding diaryl/α,β-unsaturated/α-hetero) is 2. The molecule has 0 atom stereocenters. The van der Waals surface area contributed by atoms with Crippen LogP contribution >= 0.6 is 0 Å². The number of carbonyl (C=O) groups excluding carboxylic acids is 2. The van der Waals surface area contributed by atoms with Crippen molar-refractivity contribution in [2.75, 3.05) is 20.3 Å². The fourth-order valence-electron chi connectivity index (χ4n) is 5.41. The number of ether oxygens (including phenoxy) is 2. The smallest absolute Gasteiger partial charge is 0.165 e. The minimum Gasteiger partial charge on any atom is -0.490 e. The Morgan fingerprint density at radius 3 is 2.15 bits per heavy atom. The van der Waals surface area contributed by atoms with Crippen molar-refractivity contribution < 1.29 is 19.1 Å². The first kappa shape index (κ1) is 23.1. The lowest BCUT2D eigenvalue weighted by molar-refractivity contribution is -0.117. The zero-order valence-corrected chi connectivity index (χ0v) is 19.7. The van der Waals surface area contributed by atoms with E-state index in [0.29, 0.717) is 44.0 Å². The van der Waals surface area contributed by atoms with Crippen LogP contribution in [0.2, 0.25) is 0 Å². The highest BCUT2D eigenvalue weighted by molar-refractivity contribution is 6.06. The Bertz CT molecular complexity index is 1020. The highest BCUT2D eigenvalue weighted by atomic mass is 16.5. The predicted molar refractivity (Wildman–Crippen MR) is 129 cm³/mol. The third-order valence-electron chi connectivity index (χ3n) is 6.74. The molecule has 0 aromatic heterocycles. The molecule has 0 radical (unpaired) electrons. The van der Waals surface area contributed by atoms with Gasteiger partial charge in [0.1, 0.15) is 6.61 Å². The van der Waals surface area contributed by atoms with Gasteiger partial charge in [-0.25, -0.2) is 0 Å². The summed E-state index contributed by atoms with van der Waals surface area (Å²) in [5.74, 6) is 1.23. The molecule has 33 heavy (non-hydrogen) atoms. The van der Waals surface area contributed by atoms with Crippen LogP contribution in [0.15, 0.2) is 60.0 Å². The SMILES string of the molecule is C=CCOc1c(CC=C)cc(C2C3=C(CCCC3=O)N(C)C3=C2C(=O)CCC3)cc1OCC. The summed E-state index contributed by atoms with van der Waals surface area (Å²) in [6.07, 6.45) is 8.60. The van der Waals surface area contributed by atoms with Crippen molar-refractivity contribution in [1.82, 2.24) is 4.90 Å². The zero-order chi connectivity index (χ0) is 23.5. The molecule has 0 saturated carbocycles. The number of nitrogens with zero attached hydrogens (tertiary/aromatic N) is 1. The Morgan fingerprint density at radius 1 is 0.970 bits per heavy atom. The van der Waals surface area contributed by atoms with Crippen LogP contribution in [0.25, 0.3) is 0 Å². The van der Waals surface area contributed by atoms with Crippen LogP contribution in [0.1, 0.15) is 62.5 Å². The summed E-state index contributed by atoms with van der Waals surface area (Å²) >= 11 is 0. The molecule has 0 amide bonds. The second kappa shape index (κ2) is 9.82. The molecule has 0 saturated heterocycles. The van der Waals surface area contributed by atoms with Crippen molar-refractivity contribution in [3.63, 3.8) is 0 Å². The number of allylic oxidation sites excluding steroid dienone is 5. The number of rotatable bonds is 8. The largest absolute Gasteiger partial charge is 0.490 e. The van der Waals surface area contributed by atoms with Gasteiger partial charge in [0.15, 0.2) is 23.1 Å². The predicted octanol–water partition coefficient (Wildman–Crippen LogP) is 5.42. The van der Waals surface area contributed by atoms with Gasteiger partial charge in [-0.3, -0.25) is 9.59 Å². The molecule has 0 spiro atoms. The monoisotopic (exact) mass is 447 g/mol. The molecular formula is C28H33NO4. The van der Waals surface area contributed by atoms with Crippen LogP contribution in [0.5, 0.6) is 11.5 Å². The maximum atomic E-state index is 13.3. The van der Waals surface area contributed by atoms with E-state index in [9.17, 15) is 9.59 Å². The number of hydrogen-bond donors (Lipinski definition) is 0. The van der Waals surface area contributed by atoms with Crippen molar-refractivity contribution in [3.05, 3.63) is 71.1 Å². The topological polar surface area (TPSA) is 55.8 Å². The lowest BCUT2D eigenvalue weighted by Crippen LogP contribution is -2.37. The van der Waals surface area contributed by atoms with Gasteiger partial charge in [0.2, 0.25) is 0 Å². The van der Waals surface area contributed by atoms with E-state index < -0.39 is 0 Å². The van der Waals surface area contributed by atoms with Crippen LogP contribution in [-0.4, -0.2) is 36.7 Å². The van der Waals surface area contributed by atoms with Crippen molar-refractivity contribution in [1.29, 1.82) is 0 Å². The van der Waals surface area contributed by atoms with Crippen molar-refractivity contribution in [3.8, 4) is 11.5 Å². The van der Waals surface area contributed by atoms with Gasteiger partial charge in [0.05, 0.1) is 6.61 Å². The van der Waals surface area contributed by atoms with E-state index >= 15 is 0 Å². The normalized spacial score (nSPS) is 18.8. The molecule has 2 aliphatic carbocycles. The molecule has 3 aliphatic rings. The Labute approximate surface area is 196 Å². The van der Waals surface area contributed by atoms with E-state index in [4.69, 9.17) is 9.47 Å². The lowest BCUT2D eigenvalue weighted by Gasteiger charge is -2.42. The van der Waals surface area contributed by atoms with Crippen molar-refractivity contribution in [2.45, 2.75) is 57.8 Å². The Kier molecular flexibility index (Phi) is 6.87. The van der Waals surface area contributed by atoms with E-state index in [-0.39, 0.29) is 17.5 Å². The Morgan fingerprint density at radius 2 is 1.61 bits per heavy atom. The molecule has 1 heterocycles. The van der Waals surface area contributed by atoms with Gasteiger partial charge >= 0.3 is 0 Å². The molecule has 1 aromatic rings. The van der Waals surface area contributed by atoms with Crippen LogP contribution in [0.4, 0.5) is 0 Å². The van der Waals surface area contributed by atoms with Crippen LogP contribution in [-0.2, 0) is 16.0 Å². The van der Waals surface area contributed by atoms with Gasteiger partial charge in [-0.1, -0.05) is 24.8 Å². The average Bonchev–Trinajstić information content (AvgIpc) is 2.80. The average molecular weight is 448 g/mol. The lowest BCUT2D eigenvalue weighted by atomic mass is 9.71. The van der Waals surface area contributed by atoms with Crippen LogP contribution in [0, 0.1) is 0 Å². The molecular weight excluding hydrogens is 414 g/mol. The second-order valence-electron chi connectivity index (χ2n) is 8.80. The highest BCUT2D eigenvalue weighted by Crippen LogP contribution is 2.50. The number of ketones is 2. The molecule has 1 aliphatic heterocycles. The maximum absolute atomic E-state index is 13.3. The molecule has 1 aromatic carbocycles. The molecule has 0 fully saturated rings. The fourth-order valence-corrected chi connectivity index (χ4v) is 5.41. The molecule has 0 N–H and O–H groups in total. The number of carbonyl (C=O) groups is 2. The van der Waals surface area contributed by atoms with Gasteiger partial charge in [-0.05, 0) is 50.7 Å². The summed E-state index contributed by atoms with van der Waals surface area (Å²) < 4.78 is 12.0. The number of hydrogen-bond acceptors (Lipinski definition) is 5. The molecule has 0 unspecified atom stereocenters. The van der Waals surface area contributed by atoms with Gasteiger partial charge < -0.3 is 14.4 Å². The molecule has 5 nitrogen and oxygen atoms in total. The standard InChI is InChI=1S/C28H33NO4/c1-5-10-18-16-19(17-24(32-7-3)28(18)33-15-6-2)25-26-20(11-8-13-22(26)30)29(4)21-12-9-14-23(31)27(21)25/h5-6,16-17,25H,1-2,7-15H2,3-4H3. The summed E-state index contributed by atoms with van der Waals surface area (Å²) in [6.45, 7) is 10.4. The van der Waals surface area contributed by atoms with E-state index in [1.165, 1.54) is 0 Å². The minimum absolute atomic E-state index is 0.147. The third kappa shape index (κ3) is 4.17. The summed E-state index contributed by atoms with van der Waals surface area (Å²) in [4.78, 5) is 28.7. The van der Waals surface area contributed by atoms with Gasteiger partial charge in [0.25, 0.3) is 0 Å². The first-order chi connectivity index (χ1) is 16.0. The summed E-state index contributed by atoms with van der Waals surface area (Å²) in [5.41, 5.74) is 5.55. The van der Waals surface area contributed by atoms with Gasteiger partial charge in [-0.15, -0.1) is 6.58 Å². The summed E-state index contributed by atoms with van der Waals surface area (Å²) in [5, 5.41) is 0. The fraction of sp³-hybridized carbons (Fsp3) is 0.429. The summed E-state index contributed by atoms with van der Waals surface area (Å²) in [7, 11) is 2.01. The Balaban J connectivity index is 1.95. The molecule has 4 rings (SSSR count). The molecule has 5 heteroatoms. The molecule has 174 valence electrons. The van der Waals surface area contributed by atoms with Crippen LogP contribution < -0.4 is 9.47 Å². The first-order valence-corrected chi connectivity index (χ1v) is 11.9. The van der Waals surface area contributed by atoms with Crippen LogP contribution in [0.3, 0.4) is 0 Å². The minimum atomic E-state index is -0.358. The van der Waals surface area contributed by atoms with Gasteiger partial charge in [0, 0.05) is 53.9 Å². The second-order valence-corrected chi connectivity index (χ2v) is 8.80. The third-order valence-corrected chi connectivity index (χ3v) is 6.74. The first-order valence-electron chi connectivity index (χ1n) is 11.9. The molecule has 0 bridgehead atoms. The maximum Gasteiger partial charge on any atom is 0.165 e. The van der Waals surface area contributed by atoms with E-state index in [0.717, 1.165) is 59.4 Å². The van der Waals surface area contributed by atoms with E-state index in [1.807, 2.05) is 26.1 Å². The summed E-state index contributed by atoms with van der Waals surface area (Å²) in [6, 6.07) is 4.03. The van der Waals surface area contributed by atoms with Crippen molar-refractivity contribution >= 4 is 11.6 Å². The Hall–Kier alpha value is -3.08. The quantitative estimate of drug-likeness (QED) is 0.498. The highest BCUT2D eigenvalue weighted by Gasteiger charge is 2.42. The van der Waals surface area contributed by atoms with Crippen molar-refractivity contribution in [2.24, 2.45) is 0 Å². The number of benzene rings is 1. The van der Waals surface area contributed by atoms with E-state index in [1.54, 1.807) is 6.08 Å². The van der Waals surface area contributed by atoms with E-state index in [2.05, 4.69) is 24.1 Å². The van der Waals surface area contributed by atoms with Gasteiger partial charge in [-0.2, -0.15) is 0 Å². The zero-order valence-electron chi connectivity index (χ0n) is 19.7.